The number of nitrogen functional groups attached to an aromatic ring is 1. The van der Waals surface area contributed by atoms with Gasteiger partial charge in [0.2, 0.25) is 5.95 Å². The fourth-order valence-corrected chi connectivity index (χ4v) is 2.79. The lowest BCUT2D eigenvalue weighted by Crippen LogP contribution is -2.34. The number of hydrogen-bond acceptors (Lipinski definition) is 6. The van der Waals surface area contributed by atoms with Crippen LogP contribution in [0.3, 0.4) is 0 Å². The minimum Gasteiger partial charge on any atom is -0.481 e. The van der Waals surface area contributed by atoms with Crippen LogP contribution in [0, 0.1) is 0 Å². The van der Waals surface area contributed by atoms with E-state index in [2.05, 4.69) is 19.9 Å². The summed E-state index contributed by atoms with van der Waals surface area (Å²) < 4.78 is 0. The largest absolute Gasteiger partial charge is 0.481 e. The number of likely N-dealkylation sites (tertiary alicyclic amines) is 1. The van der Waals surface area contributed by atoms with E-state index in [-0.39, 0.29) is 11.5 Å². The number of nitrogens with one attached hydrogen (secondary N) is 2. The van der Waals surface area contributed by atoms with Gasteiger partial charge in [0, 0.05) is 37.8 Å². The smallest absolute Gasteiger partial charge is 0.300 e. The first-order chi connectivity index (χ1) is 10.9. The number of nitrogens with two attached hydrogens (primary N) is 2. The van der Waals surface area contributed by atoms with Crippen molar-refractivity contribution in [3.63, 3.8) is 0 Å². The lowest BCUT2D eigenvalue weighted by atomic mass is 10.2. The van der Waals surface area contributed by atoms with Crippen LogP contribution >= 0.6 is 0 Å². The van der Waals surface area contributed by atoms with Crippen LogP contribution in [0.4, 0.5) is 5.95 Å². The molecule has 3 rings (SSSR count). The summed E-state index contributed by atoms with van der Waals surface area (Å²) in [4.78, 5) is 32.7. The summed E-state index contributed by atoms with van der Waals surface area (Å²) in [6.07, 6.45) is 4.13. The van der Waals surface area contributed by atoms with E-state index in [4.69, 9.17) is 21.4 Å². The predicted molar refractivity (Wildman–Crippen MR) is 86.9 cm³/mol. The molecule has 0 amide bonds. The van der Waals surface area contributed by atoms with Gasteiger partial charge in [-0.2, -0.15) is 0 Å². The number of aromatic nitrogens is 3. The van der Waals surface area contributed by atoms with Crippen LogP contribution in [-0.4, -0.2) is 50.1 Å². The van der Waals surface area contributed by atoms with Crippen LogP contribution in [0.25, 0.3) is 11.0 Å². The molecule has 0 spiro atoms. The third kappa shape index (κ3) is 4.08. The van der Waals surface area contributed by atoms with E-state index in [1.54, 1.807) is 0 Å². The summed E-state index contributed by atoms with van der Waals surface area (Å²) in [7, 11) is 0. The first-order valence-corrected chi connectivity index (χ1v) is 7.41. The fourth-order valence-electron chi connectivity index (χ4n) is 2.79. The Morgan fingerprint density at radius 3 is 2.91 bits per heavy atom. The van der Waals surface area contributed by atoms with E-state index in [0.29, 0.717) is 23.6 Å². The Balaban J connectivity index is 0.000000433. The minimum absolute atomic E-state index is 0.148. The summed E-state index contributed by atoms with van der Waals surface area (Å²) in [5, 5.41) is 7.42. The van der Waals surface area contributed by atoms with E-state index in [9.17, 15) is 4.79 Å². The average Bonchev–Trinajstić information content (AvgIpc) is 3.06. The lowest BCUT2D eigenvalue weighted by Gasteiger charge is -2.22. The van der Waals surface area contributed by atoms with Gasteiger partial charge < -0.3 is 21.6 Å². The number of carboxylic acid groups (broad SMARTS) is 1. The minimum atomic E-state index is -0.833. The van der Waals surface area contributed by atoms with Crippen molar-refractivity contribution in [3.05, 3.63) is 22.1 Å². The Morgan fingerprint density at radius 2 is 2.26 bits per heavy atom. The molecule has 1 aliphatic heterocycles. The van der Waals surface area contributed by atoms with Crippen molar-refractivity contribution in [3.8, 4) is 0 Å². The summed E-state index contributed by atoms with van der Waals surface area (Å²) >= 11 is 0. The number of hydrogen-bond donors (Lipinski definition) is 5. The van der Waals surface area contributed by atoms with Crippen molar-refractivity contribution in [1.82, 2.24) is 19.9 Å². The summed E-state index contributed by atoms with van der Waals surface area (Å²) in [6, 6.07) is 0.421. The van der Waals surface area contributed by atoms with Crippen LogP contribution in [0.5, 0.6) is 0 Å². The molecule has 0 radical (unpaired) electrons. The maximum atomic E-state index is 11.7. The van der Waals surface area contributed by atoms with Crippen LogP contribution in [-0.2, 0) is 11.3 Å². The molecule has 9 heteroatoms. The Bertz CT molecular complexity index is 734. The molecule has 0 saturated carbocycles. The van der Waals surface area contributed by atoms with E-state index in [0.717, 1.165) is 32.0 Å². The Kier molecular flexibility index (Phi) is 5.35. The molecule has 126 valence electrons. The molecule has 2 aromatic rings. The van der Waals surface area contributed by atoms with Crippen molar-refractivity contribution in [2.45, 2.75) is 32.4 Å². The molecular formula is C14H22N6O3. The van der Waals surface area contributed by atoms with Crippen LogP contribution in [0.15, 0.2) is 11.0 Å². The molecular weight excluding hydrogens is 300 g/mol. The fraction of sp³-hybridized carbons (Fsp3) is 0.500. The predicted octanol–water partition coefficient (Wildman–Crippen LogP) is -0.153. The second-order valence-corrected chi connectivity index (χ2v) is 5.51. The summed E-state index contributed by atoms with van der Waals surface area (Å²) in [5.74, 6) is -0.685. The number of H-pyrrole nitrogens is 2. The van der Waals surface area contributed by atoms with Gasteiger partial charge in [-0.1, -0.05) is 0 Å². The normalized spacial score (nSPS) is 17.9. The SMILES string of the molecule is CC(=O)O.NC[C@@H]1CCCN1Cc1c[nH]c2c(=O)[nH]c(N)nc12. The number of carboxylic acids is 1. The molecule has 1 fully saturated rings. The molecule has 1 saturated heterocycles. The maximum absolute atomic E-state index is 11.7. The number of carbonyl (C=O) groups is 1. The van der Waals surface area contributed by atoms with Gasteiger partial charge in [0.1, 0.15) is 11.0 Å². The van der Waals surface area contributed by atoms with Gasteiger partial charge >= 0.3 is 0 Å². The number of aromatic amines is 2. The van der Waals surface area contributed by atoms with Gasteiger partial charge in [-0.25, -0.2) is 4.98 Å². The maximum Gasteiger partial charge on any atom is 0.300 e. The van der Waals surface area contributed by atoms with E-state index >= 15 is 0 Å². The highest BCUT2D eigenvalue weighted by Crippen LogP contribution is 2.22. The second kappa shape index (κ2) is 7.25. The zero-order chi connectivity index (χ0) is 17.0. The molecule has 0 aliphatic carbocycles. The first kappa shape index (κ1) is 17.0. The Morgan fingerprint density at radius 1 is 1.57 bits per heavy atom. The highest BCUT2D eigenvalue weighted by Gasteiger charge is 2.24. The van der Waals surface area contributed by atoms with Crippen molar-refractivity contribution >= 4 is 23.0 Å². The van der Waals surface area contributed by atoms with Gasteiger partial charge in [-0.15, -0.1) is 0 Å². The summed E-state index contributed by atoms with van der Waals surface area (Å²) in [5.41, 5.74) is 13.3. The monoisotopic (exact) mass is 322 g/mol. The first-order valence-electron chi connectivity index (χ1n) is 7.41. The van der Waals surface area contributed by atoms with Gasteiger partial charge in [0.25, 0.3) is 11.5 Å². The number of nitrogens with zero attached hydrogens (tertiary/aromatic N) is 2. The molecule has 3 heterocycles. The van der Waals surface area contributed by atoms with Crippen LogP contribution in [0.1, 0.15) is 25.3 Å². The molecule has 23 heavy (non-hydrogen) atoms. The molecule has 2 aromatic heterocycles. The third-order valence-corrected chi connectivity index (χ3v) is 3.78. The van der Waals surface area contributed by atoms with Crippen LogP contribution in [0.2, 0.25) is 0 Å². The number of aliphatic carboxylic acids is 1. The molecule has 0 unspecified atom stereocenters. The van der Waals surface area contributed by atoms with Crippen molar-refractivity contribution in [1.29, 1.82) is 0 Å². The molecule has 9 nitrogen and oxygen atoms in total. The quantitative estimate of drug-likeness (QED) is 0.526. The Hall–Kier alpha value is -2.39. The van der Waals surface area contributed by atoms with Crippen LogP contribution < -0.4 is 17.0 Å². The third-order valence-electron chi connectivity index (χ3n) is 3.78. The molecule has 1 aliphatic rings. The highest BCUT2D eigenvalue weighted by molar-refractivity contribution is 5.78. The van der Waals surface area contributed by atoms with Crippen molar-refractivity contribution in [2.24, 2.45) is 5.73 Å². The molecule has 0 aromatic carbocycles. The number of anilines is 1. The van der Waals surface area contributed by atoms with E-state index < -0.39 is 5.97 Å². The topological polar surface area (TPSA) is 154 Å². The van der Waals surface area contributed by atoms with Gasteiger partial charge in [0.15, 0.2) is 0 Å². The van der Waals surface area contributed by atoms with Gasteiger partial charge in [-0.3, -0.25) is 19.5 Å². The molecule has 7 N–H and O–H groups in total. The molecule has 1 atom stereocenters. The van der Waals surface area contributed by atoms with E-state index in [1.165, 1.54) is 6.42 Å². The zero-order valence-electron chi connectivity index (χ0n) is 13.0. The summed E-state index contributed by atoms with van der Waals surface area (Å²) in [6.45, 7) is 3.53. The average molecular weight is 322 g/mol. The molecule has 0 bridgehead atoms. The second-order valence-electron chi connectivity index (χ2n) is 5.51. The number of rotatable bonds is 3. The van der Waals surface area contributed by atoms with Crippen molar-refractivity contribution < 1.29 is 9.90 Å². The van der Waals surface area contributed by atoms with Gasteiger partial charge in [-0.05, 0) is 19.4 Å². The van der Waals surface area contributed by atoms with E-state index in [1.807, 2.05) is 6.20 Å². The van der Waals surface area contributed by atoms with Crippen molar-refractivity contribution in [2.75, 3.05) is 18.8 Å². The standard InChI is InChI=1S/C12H18N6O.C2H4O2/c13-4-8-2-1-3-18(8)6-7-5-15-10-9(7)16-12(14)17-11(10)19;1-2(3)4/h5,8,15H,1-4,6,13H2,(H3,14,16,17,19);1H3,(H,3,4)/t8-;/m0./s1. The van der Waals surface area contributed by atoms with Gasteiger partial charge in [0.05, 0.1) is 0 Å². The Labute approximate surface area is 132 Å². The highest BCUT2D eigenvalue weighted by atomic mass is 16.4. The zero-order valence-corrected chi connectivity index (χ0v) is 13.0. The number of fused-ring (bicyclic) bond motifs is 1. The lowest BCUT2D eigenvalue weighted by molar-refractivity contribution is -0.134.